The van der Waals surface area contributed by atoms with E-state index < -0.39 is 0 Å². The van der Waals surface area contributed by atoms with Crippen LogP contribution in [0, 0.1) is 0 Å². The molecule has 2 nitrogen and oxygen atoms in total. The normalized spacial score (nSPS) is 20.2. The van der Waals surface area contributed by atoms with Crippen LogP contribution >= 0.6 is 11.8 Å². The molecule has 1 N–H and O–H groups in total. The van der Waals surface area contributed by atoms with Gasteiger partial charge in [0.05, 0.1) is 12.7 Å². The summed E-state index contributed by atoms with van der Waals surface area (Å²) in [6, 6.07) is 0. The monoisotopic (exact) mass is 245 g/mol. The van der Waals surface area contributed by atoms with E-state index in [-0.39, 0.29) is 0 Å². The second-order valence-corrected chi connectivity index (χ2v) is 6.32. The Bertz CT molecular complexity index is 179. The van der Waals surface area contributed by atoms with Crippen molar-refractivity contribution in [2.24, 2.45) is 0 Å². The third-order valence-corrected chi connectivity index (χ3v) is 4.79. The van der Waals surface area contributed by atoms with Crippen molar-refractivity contribution in [1.82, 2.24) is 5.32 Å². The first-order valence-electron chi connectivity index (χ1n) is 6.56. The summed E-state index contributed by atoms with van der Waals surface area (Å²) in [7, 11) is 0. The summed E-state index contributed by atoms with van der Waals surface area (Å²) in [6.07, 6.45) is 9.62. The quantitative estimate of drug-likeness (QED) is 0.697. The number of rotatable bonds is 7. The van der Waals surface area contributed by atoms with Crippen molar-refractivity contribution < 1.29 is 4.74 Å². The van der Waals surface area contributed by atoms with Gasteiger partial charge in [-0.25, -0.2) is 0 Å². The van der Waals surface area contributed by atoms with Crippen molar-refractivity contribution >= 4 is 11.8 Å². The van der Waals surface area contributed by atoms with E-state index in [2.05, 4.69) is 37.2 Å². The zero-order valence-corrected chi connectivity index (χ0v) is 11.9. The molecule has 0 bridgehead atoms. The van der Waals surface area contributed by atoms with Gasteiger partial charge in [-0.3, -0.25) is 0 Å². The Labute approximate surface area is 105 Å². The Hall–Kier alpha value is 0.270. The zero-order chi connectivity index (χ0) is 11.9. The Balaban J connectivity index is 2.13. The van der Waals surface area contributed by atoms with Crippen molar-refractivity contribution in [3.63, 3.8) is 0 Å². The van der Waals surface area contributed by atoms with E-state index in [0.29, 0.717) is 10.9 Å². The van der Waals surface area contributed by atoms with E-state index in [1.54, 1.807) is 0 Å². The van der Waals surface area contributed by atoms with Gasteiger partial charge < -0.3 is 10.1 Å². The van der Waals surface area contributed by atoms with Crippen LogP contribution in [0.4, 0.5) is 0 Å². The van der Waals surface area contributed by atoms with Crippen molar-refractivity contribution in [1.29, 1.82) is 0 Å². The van der Waals surface area contributed by atoms with E-state index in [0.717, 1.165) is 19.7 Å². The van der Waals surface area contributed by atoms with Crippen LogP contribution in [0.5, 0.6) is 0 Å². The van der Waals surface area contributed by atoms with Gasteiger partial charge in [0.15, 0.2) is 0 Å². The molecule has 0 atom stereocenters. The summed E-state index contributed by atoms with van der Waals surface area (Å²) in [5.74, 6) is 0. The molecular weight excluding hydrogens is 218 g/mol. The van der Waals surface area contributed by atoms with Gasteiger partial charge in [0.2, 0.25) is 0 Å². The predicted octanol–water partition coefficient (Wildman–Crippen LogP) is 3.07. The van der Waals surface area contributed by atoms with E-state index >= 15 is 0 Å². The number of ether oxygens (including phenoxy) is 1. The minimum absolute atomic E-state index is 0.353. The van der Waals surface area contributed by atoms with Crippen molar-refractivity contribution in [2.45, 2.75) is 56.8 Å². The first-order chi connectivity index (χ1) is 7.68. The summed E-state index contributed by atoms with van der Waals surface area (Å²) in [5, 5.41) is 3.56. The fraction of sp³-hybridized carbons (Fsp3) is 1.00. The van der Waals surface area contributed by atoms with Crippen LogP contribution in [0.3, 0.4) is 0 Å². The van der Waals surface area contributed by atoms with Crippen molar-refractivity contribution in [3.05, 3.63) is 0 Å². The molecule has 0 aromatic heterocycles. The van der Waals surface area contributed by atoms with Gasteiger partial charge in [-0.05, 0) is 32.9 Å². The Morgan fingerprint density at radius 1 is 1.25 bits per heavy atom. The van der Waals surface area contributed by atoms with Gasteiger partial charge in [-0.2, -0.15) is 11.8 Å². The van der Waals surface area contributed by atoms with Crippen molar-refractivity contribution in [3.8, 4) is 0 Å². The average molecular weight is 245 g/mol. The summed E-state index contributed by atoms with van der Waals surface area (Å²) in [6.45, 7) is 7.15. The molecule has 1 fully saturated rings. The molecule has 0 unspecified atom stereocenters. The number of nitrogens with one attached hydrogen (secondary N) is 1. The SMILES string of the molecule is CSC1(CNCCOC(C)C)CCCCC1. The molecule has 0 heterocycles. The molecule has 1 aliphatic rings. The molecule has 0 radical (unpaired) electrons. The molecule has 0 saturated heterocycles. The van der Waals surface area contributed by atoms with E-state index in [1.807, 2.05) is 0 Å². The van der Waals surface area contributed by atoms with Crippen LogP contribution in [0.15, 0.2) is 0 Å². The zero-order valence-electron chi connectivity index (χ0n) is 11.1. The average Bonchev–Trinajstić information content (AvgIpc) is 2.29. The first kappa shape index (κ1) is 14.3. The maximum Gasteiger partial charge on any atom is 0.0594 e. The molecule has 3 heteroatoms. The maximum atomic E-state index is 5.53. The predicted molar refractivity (Wildman–Crippen MR) is 73.3 cm³/mol. The molecule has 16 heavy (non-hydrogen) atoms. The maximum absolute atomic E-state index is 5.53. The van der Waals surface area contributed by atoms with Gasteiger partial charge >= 0.3 is 0 Å². The van der Waals surface area contributed by atoms with Gasteiger partial charge in [-0.1, -0.05) is 19.3 Å². The van der Waals surface area contributed by atoms with Crippen LogP contribution in [0.25, 0.3) is 0 Å². The molecule has 0 spiro atoms. The Morgan fingerprint density at radius 2 is 1.94 bits per heavy atom. The van der Waals surface area contributed by atoms with Gasteiger partial charge in [-0.15, -0.1) is 0 Å². The Kier molecular flexibility index (Phi) is 6.78. The van der Waals surface area contributed by atoms with Gasteiger partial charge in [0.25, 0.3) is 0 Å². The molecule has 0 amide bonds. The number of hydrogen-bond donors (Lipinski definition) is 1. The Morgan fingerprint density at radius 3 is 2.50 bits per heavy atom. The molecule has 96 valence electrons. The molecule has 1 saturated carbocycles. The van der Waals surface area contributed by atoms with E-state index in [4.69, 9.17) is 4.74 Å². The highest BCUT2D eigenvalue weighted by molar-refractivity contribution is 8.00. The van der Waals surface area contributed by atoms with Crippen LogP contribution < -0.4 is 5.32 Å². The van der Waals surface area contributed by atoms with Gasteiger partial charge in [0.1, 0.15) is 0 Å². The largest absolute Gasteiger partial charge is 0.377 e. The molecule has 0 aromatic carbocycles. The second kappa shape index (κ2) is 7.57. The molecular formula is C13H27NOS. The molecule has 0 aliphatic heterocycles. The van der Waals surface area contributed by atoms with Crippen LogP contribution in [0.1, 0.15) is 46.0 Å². The third kappa shape index (κ3) is 5.07. The minimum Gasteiger partial charge on any atom is -0.377 e. The van der Waals surface area contributed by atoms with Gasteiger partial charge in [0, 0.05) is 17.8 Å². The molecule has 1 rings (SSSR count). The van der Waals surface area contributed by atoms with Crippen molar-refractivity contribution in [2.75, 3.05) is 26.0 Å². The van der Waals surface area contributed by atoms with E-state index in [9.17, 15) is 0 Å². The number of hydrogen-bond acceptors (Lipinski definition) is 3. The smallest absolute Gasteiger partial charge is 0.0594 e. The second-order valence-electron chi connectivity index (χ2n) is 5.04. The topological polar surface area (TPSA) is 21.3 Å². The fourth-order valence-electron chi connectivity index (χ4n) is 2.33. The summed E-state index contributed by atoms with van der Waals surface area (Å²) in [5.41, 5.74) is 0. The highest BCUT2D eigenvalue weighted by Gasteiger charge is 2.30. The first-order valence-corrected chi connectivity index (χ1v) is 7.78. The highest BCUT2D eigenvalue weighted by atomic mass is 32.2. The fourth-order valence-corrected chi connectivity index (χ4v) is 3.28. The van der Waals surface area contributed by atoms with E-state index in [1.165, 1.54) is 32.1 Å². The lowest BCUT2D eigenvalue weighted by molar-refractivity contribution is 0.0804. The molecule has 0 aromatic rings. The lowest BCUT2D eigenvalue weighted by Gasteiger charge is -2.36. The summed E-state index contributed by atoms with van der Waals surface area (Å²) < 4.78 is 6.04. The lowest BCUT2D eigenvalue weighted by Crippen LogP contribution is -2.40. The highest BCUT2D eigenvalue weighted by Crippen LogP contribution is 2.37. The third-order valence-electron chi connectivity index (χ3n) is 3.37. The lowest BCUT2D eigenvalue weighted by atomic mass is 9.88. The summed E-state index contributed by atoms with van der Waals surface area (Å²) in [4.78, 5) is 0. The standard InChI is InChI=1S/C13H27NOS/c1-12(2)15-10-9-14-11-13(16-3)7-5-4-6-8-13/h12,14H,4-11H2,1-3H3. The van der Waals surface area contributed by atoms with Crippen LogP contribution in [-0.2, 0) is 4.74 Å². The van der Waals surface area contributed by atoms with Crippen LogP contribution in [-0.4, -0.2) is 36.8 Å². The van der Waals surface area contributed by atoms with Crippen LogP contribution in [0.2, 0.25) is 0 Å². The molecule has 1 aliphatic carbocycles. The summed E-state index contributed by atoms with van der Waals surface area (Å²) >= 11 is 2.05. The number of thioether (sulfide) groups is 1. The minimum atomic E-state index is 0.353.